The highest BCUT2D eigenvalue weighted by Crippen LogP contribution is 2.28. The number of rotatable bonds is 6. The van der Waals surface area contributed by atoms with Crippen LogP contribution in [0.5, 0.6) is 0 Å². The summed E-state index contributed by atoms with van der Waals surface area (Å²) in [6, 6.07) is 13.8. The van der Waals surface area contributed by atoms with Gasteiger partial charge in [-0.25, -0.2) is 0 Å². The SMILES string of the molecule is O=C(O)[C@H]1CCCN(C(=O)c2ccc(NCc3ccccc3)c([N+](=O)[O-])c2)C1. The molecule has 2 N–H and O–H groups in total. The molecule has 0 saturated carbocycles. The van der Waals surface area contributed by atoms with Crippen molar-refractivity contribution in [3.63, 3.8) is 0 Å². The largest absolute Gasteiger partial charge is 0.481 e. The molecule has 1 saturated heterocycles. The van der Waals surface area contributed by atoms with Crippen LogP contribution in [0, 0.1) is 16.0 Å². The molecular weight excluding hydrogens is 362 g/mol. The summed E-state index contributed by atoms with van der Waals surface area (Å²) in [7, 11) is 0. The molecule has 3 rings (SSSR count). The van der Waals surface area contributed by atoms with Crippen LogP contribution in [0.2, 0.25) is 0 Å². The van der Waals surface area contributed by atoms with Crippen molar-refractivity contribution in [3.05, 3.63) is 69.8 Å². The first-order valence-electron chi connectivity index (χ1n) is 9.04. The molecule has 28 heavy (non-hydrogen) atoms. The number of amides is 1. The monoisotopic (exact) mass is 383 g/mol. The number of nitrogens with zero attached hydrogens (tertiary/aromatic N) is 2. The number of aliphatic carboxylic acids is 1. The molecular formula is C20H21N3O5. The fraction of sp³-hybridized carbons (Fsp3) is 0.300. The van der Waals surface area contributed by atoms with Crippen molar-refractivity contribution >= 4 is 23.3 Å². The first-order chi connectivity index (χ1) is 13.5. The summed E-state index contributed by atoms with van der Waals surface area (Å²) >= 11 is 0. The molecule has 0 aliphatic carbocycles. The van der Waals surface area contributed by atoms with E-state index in [-0.39, 0.29) is 23.7 Å². The lowest BCUT2D eigenvalue weighted by Crippen LogP contribution is -2.42. The number of carbonyl (C=O) groups excluding carboxylic acids is 1. The Labute approximate surface area is 161 Å². The maximum Gasteiger partial charge on any atom is 0.308 e. The average molecular weight is 383 g/mol. The zero-order valence-corrected chi connectivity index (χ0v) is 15.2. The molecule has 1 amide bonds. The van der Waals surface area contributed by atoms with E-state index in [1.807, 2.05) is 30.3 Å². The van der Waals surface area contributed by atoms with Gasteiger partial charge in [0, 0.05) is 31.3 Å². The number of hydrogen-bond donors (Lipinski definition) is 2. The number of piperidine rings is 1. The number of benzene rings is 2. The first kappa shape index (κ1) is 19.3. The van der Waals surface area contributed by atoms with E-state index >= 15 is 0 Å². The number of likely N-dealkylation sites (tertiary alicyclic amines) is 1. The van der Waals surface area contributed by atoms with E-state index < -0.39 is 16.8 Å². The molecule has 1 atom stereocenters. The maximum atomic E-state index is 12.7. The number of carboxylic acids is 1. The van der Waals surface area contributed by atoms with Crippen molar-refractivity contribution in [2.75, 3.05) is 18.4 Å². The van der Waals surface area contributed by atoms with Gasteiger partial charge in [-0.3, -0.25) is 19.7 Å². The van der Waals surface area contributed by atoms with Crippen LogP contribution in [0.3, 0.4) is 0 Å². The van der Waals surface area contributed by atoms with Gasteiger partial charge in [0.25, 0.3) is 11.6 Å². The quantitative estimate of drug-likeness (QED) is 0.585. The van der Waals surface area contributed by atoms with Crippen molar-refractivity contribution in [2.45, 2.75) is 19.4 Å². The van der Waals surface area contributed by atoms with Gasteiger partial charge in [0.15, 0.2) is 0 Å². The van der Waals surface area contributed by atoms with Crippen LogP contribution in [0.1, 0.15) is 28.8 Å². The second-order valence-electron chi connectivity index (χ2n) is 6.76. The Morgan fingerprint density at radius 2 is 1.96 bits per heavy atom. The number of nitro groups is 1. The fourth-order valence-corrected chi connectivity index (χ4v) is 3.30. The third kappa shape index (κ3) is 4.46. The first-order valence-corrected chi connectivity index (χ1v) is 9.04. The van der Waals surface area contributed by atoms with Gasteiger partial charge in [0.2, 0.25) is 0 Å². The third-order valence-corrected chi connectivity index (χ3v) is 4.83. The number of carbonyl (C=O) groups is 2. The topological polar surface area (TPSA) is 113 Å². The molecule has 0 spiro atoms. The minimum atomic E-state index is -0.927. The molecule has 2 aromatic rings. The Hall–Kier alpha value is -3.42. The molecule has 0 unspecified atom stereocenters. The van der Waals surface area contributed by atoms with Gasteiger partial charge in [0.1, 0.15) is 5.69 Å². The predicted octanol–water partition coefficient (Wildman–Crippen LogP) is 3.14. The average Bonchev–Trinajstić information content (AvgIpc) is 2.72. The van der Waals surface area contributed by atoms with Gasteiger partial charge in [-0.1, -0.05) is 30.3 Å². The van der Waals surface area contributed by atoms with Crippen molar-refractivity contribution in [1.29, 1.82) is 0 Å². The van der Waals surface area contributed by atoms with Crippen LogP contribution < -0.4 is 5.32 Å². The Kier molecular flexibility index (Phi) is 5.88. The zero-order chi connectivity index (χ0) is 20.1. The van der Waals surface area contributed by atoms with Crippen LogP contribution in [0.25, 0.3) is 0 Å². The summed E-state index contributed by atoms with van der Waals surface area (Å²) in [5.41, 5.74) is 1.30. The van der Waals surface area contributed by atoms with E-state index in [9.17, 15) is 24.8 Å². The molecule has 2 aromatic carbocycles. The lowest BCUT2D eigenvalue weighted by molar-refractivity contribution is -0.384. The number of nitro benzene ring substituents is 1. The van der Waals surface area contributed by atoms with Gasteiger partial charge in [-0.15, -0.1) is 0 Å². The highest BCUT2D eigenvalue weighted by atomic mass is 16.6. The van der Waals surface area contributed by atoms with E-state index in [0.717, 1.165) is 5.56 Å². The Morgan fingerprint density at radius 3 is 2.64 bits per heavy atom. The maximum absolute atomic E-state index is 12.7. The summed E-state index contributed by atoms with van der Waals surface area (Å²) in [6.07, 6.45) is 1.13. The number of hydrogen-bond acceptors (Lipinski definition) is 5. The molecule has 1 heterocycles. The van der Waals surface area contributed by atoms with Gasteiger partial charge in [-0.05, 0) is 30.5 Å². The van der Waals surface area contributed by atoms with Crippen molar-refractivity contribution in [3.8, 4) is 0 Å². The Balaban J connectivity index is 1.77. The van der Waals surface area contributed by atoms with E-state index in [2.05, 4.69) is 5.32 Å². The highest BCUT2D eigenvalue weighted by molar-refractivity contribution is 5.96. The van der Waals surface area contributed by atoms with E-state index in [1.165, 1.54) is 23.1 Å². The molecule has 146 valence electrons. The van der Waals surface area contributed by atoms with Crippen LogP contribution in [-0.2, 0) is 11.3 Å². The van der Waals surface area contributed by atoms with Crippen molar-refractivity contribution in [1.82, 2.24) is 4.90 Å². The van der Waals surface area contributed by atoms with Crippen molar-refractivity contribution in [2.24, 2.45) is 5.92 Å². The predicted molar refractivity (Wildman–Crippen MR) is 103 cm³/mol. The number of nitrogens with one attached hydrogen (secondary N) is 1. The second-order valence-corrected chi connectivity index (χ2v) is 6.76. The fourth-order valence-electron chi connectivity index (χ4n) is 3.30. The van der Waals surface area contributed by atoms with E-state index in [1.54, 1.807) is 0 Å². The van der Waals surface area contributed by atoms with Gasteiger partial charge >= 0.3 is 5.97 Å². The minimum Gasteiger partial charge on any atom is -0.481 e. The molecule has 0 radical (unpaired) electrons. The van der Waals surface area contributed by atoms with Crippen LogP contribution in [0.4, 0.5) is 11.4 Å². The smallest absolute Gasteiger partial charge is 0.308 e. The summed E-state index contributed by atoms with van der Waals surface area (Å²) in [4.78, 5) is 36.3. The van der Waals surface area contributed by atoms with E-state index in [0.29, 0.717) is 31.6 Å². The summed E-state index contributed by atoms with van der Waals surface area (Å²) in [5, 5.41) is 23.7. The van der Waals surface area contributed by atoms with Crippen LogP contribution >= 0.6 is 0 Å². The number of anilines is 1. The summed E-state index contributed by atoms with van der Waals surface area (Å²) < 4.78 is 0. The number of carboxylic acid groups (broad SMARTS) is 1. The normalized spacial score (nSPS) is 16.4. The zero-order valence-electron chi connectivity index (χ0n) is 15.2. The van der Waals surface area contributed by atoms with Crippen molar-refractivity contribution < 1.29 is 19.6 Å². The minimum absolute atomic E-state index is 0.121. The van der Waals surface area contributed by atoms with Crippen LogP contribution in [-0.4, -0.2) is 39.9 Å². The molecule has 8 heteroatoms. The molecule has 0 aromatic heterocycles. The molecule has 0 bridgehead atoms. The molecule has 1 aliphatic heterocycles. The molecule has 1 aliphatic rings. The van der Waals surface area contributed by atoms with E-state index in [4.69, 9.17) is 0 Å². The third-order valence-electron chi connectivity index (χ3n) is 4.83. The summed E-state index contributed by atoms with van der Waals surface area (Å²) in [6.45, 7) is 0.988. The molecule has 1 fully saturated rings. The van der Waals surface area contributed by atoms with Gasteiger partial charge in [0.05, 0.1) is 10.8 Å². The standard InChI is InChI=1S/C20H21N3O5/c24-19(22-10-4-7-16(13-22)20(25)26)15-8-9-17(18(11-15)23(27)28)21-12-14-5-2-1-3-6-14/h1-3,5-6,8-9,11,16,21H,4,7,10,12-13H2,(H,25,26)/t16-/m0/s1. The van der Waals surface area contributed by atoms with Gasteiger partial charge in [-0.2, -0.15) is 0 Å². The highest BCUT2D eigenvalue weighted by Gasteiger charge is 2.29. The Bertz CT molecular complexity index is 885. The lowest BCUT2D eigenvalue weighted by Gasteiger charge is -2.30. The van der Waals surface area contributed by atoms with Gasteiger partial charge < -0.3 is 15.3 Å². The van der Waals surface area contributed by atoms with Crippen LogP contribution in [0.15, 0.2) is 48.5 Å². The molecule has 8 nitrogen and oxygen atoms in total. The second kappa shape index (κ2) is 8.51. The summed E-state index contributed by atoms with van der Waals surface area (Å²) in [5.74, 6) is -1.91. The Morgan fingerprint density at radius 1 is 1.21 bits per heavy atom. The lowest BCUT2D eigenvalue weighted by atomic mass is 9.97.